The molecule has 2 aromatic carbocycles. The summed E-state index contributed by atoms with van der Waals surface area (Å²) in [6, 6.07) is 10.5. The number of non-ortho nitro benzene ring substituents is 1. The summed E-state index contributed by atoms with van der Waals surface area (Å²) in [7, 11) is 0. The fourth-order valence-electron chi connectivity index (χ4n) is 2.61. The summed E-state index contributed by atoms with van der Waals surface area (Å²) >= 11 is 6.18. The predicted octanol–water partition coefficient (Wildman–Crippen LogP) is 3.29. The van der Waals surface area contributed by atoms with Crippen LogP contribution in [0.2, 0.25) is 5.15 Å². The van der Waals surface area contributed by atoms with E-state index < -0.39 is 10.8 Å². The lowest BCUT2D eigenvalue weighted by Crippen LogP contribution is -2.17. The molecule has 0 aliphatic carbocycles. The van der Waals surface area contributed by atoms with Crippen LogP contribution in [0, 0.1) is 10.1 Å². The van der Waals surface area contributed by atoms with E-state index in [1.54, 1.807) is 18.2 Å². The second-order valence-corrected chi connectivity index (χ2v) is 6.13. The van der Waals surface area contributed by atoms with E-state index in [4.69, 9.17) is 21.1 Å². The highest BCUT2D eigenvalue weighted by atomic mass is 35.5. The molecule has 0 radical (unpaired) electrons. The van der Waals surface area contributed by atoms with E-state index in [9.17, 15) is 14.9 Å². The molecule has 9 nitrogen and oxygen atoms in total. The van der Waals surface area contributed by atoms with Crippen LogP contribution < -0.4 is 14.9 Å². The van der Waals surface area contributed by atoms with Gasteiger partial charge in [0.15, 0.2) is 11.5 Å². The Morgan fingerprint density at radius 1 is 1.21 bits per heavy atom. The van der Waals surface area contributed by atoms with Crippen molar-refractivity contribution in [3.8, 4) is 11.5 Å². The van der Waals surface area contributed by atoms with Crippen LogP contribution >= 0.6 is 11.6 Å². The quantitative estimate of drug-likeness (QED) is 0.312. The number of pyridine rings is 1. The van der Waals surface area contributed by atoms with Crippen LogP contribution in [0.5, 0.6) is 11.5 Å². The maximum Gasteiger partial charge on any atom is 0.271 e. The molecule has 0 spiro atoms. The van der Waals surface area contributed by atoms with Gasteiger partial charge in [-0.15, -0.1) is 0 Å². The van der Waals surface area contributed by atoms with Crippen LogP contribution in [0.4, 0.5) is 5.69 Å². The number of nitro groups is 1. The molecule has 1 amide bonds. The van der Waals surface area contributed by atoms with Gasteiger partial charge in [0.1, 0.15) is 5.15 Å². The van der Waals surface area contributed by atoms with Gasteiger partial charge in [-0.25, -0.2) is 10.4 Å². The average Bonchev–Trinajstić information content (AvgIpc) is 3.14. The molecule has 0 bridgehead atoms. The van der Waals surface area contributed by atoms with Crippen molar-refractivity contribution >= 4 is 40.3 Å². The zero-order chi connectivity index (χ0) is 19.7. The molecule has 1 aliphatic rings. The molecular formula is C18H11ClN4O5. The van der Waals surface area contributed by atoms with Gasteiger partial charge < -0.3 is 9.47 Å². The third-order valence-corrected chi connectivity index (χ3v) is 4.30. The Morgan fingerprint density at radius 3 is 2.64 bits per heavy atom. The molecule has 1 aromatic heterocycles. The monoisotopic (exact) mass is 398 g/mol. The number of nitro benzene ring substituents is 1. The molecule has 3 aromatic rings. The first-order chi connectivity index (χ1) is 13.5. The Bertz CT molecular complexity index is 1130. The summed E-state index contributed by atoms with van der Waals surface area (Å²) in [5, 5.41) is 15.5. The summed E-state index contributed by atoms with van der Waals surface area (Å²) in [5.74, 6) is 0.707. The number of hydrogen-bond acceptors (Lipinski definition) is 7. The number of amides is 1. The minimum absolute atomic E-state index is 0.102. The van der Waals surface area contributed by atoms with Crippen LogP contribution in [0.15, 0.2) is 47.6 Å². The van der Waals surface area contributed by atoms with E-state index in [1.165, 1.54) is 30.5 Å². The number of benzene rings is 2. The van der Waals surface area contributed by atoms with E-state index in [-0.39, 0.29) is 23.2 Å². The highest BCUT2D eigenvalue weighted by molar-refractivity contribution is 6.32. The summed E-state index contributed by atoms with van der Waals surface area (Å²) in [6.45, 7) is 0.155. The Morgan fingerprint density at radius 2 is 1.93 bits per heavy atom. The lowest BCUT2D eigenvalue weighted by atomic mass is 10.1. The highest BCUT2D eigenvalue weighted by Gasteiger charge is 2.16. The van der Waals surface area contributed by atoms with Crippen molar-refractivity contribution in [1.29, 1.82) is 0 Å². The van der Waals surface area contributed by atoms with E-state index in [0.29, 0.717) is 22.6 Å². The Balaban J connectivity index is 1.51. The average molecular weight is 399 g/mol. The maximum atomic E-state index is 12.1. The number of nitrogens with zero attached hydrogens (tertiary/aromatic N) is 3. The number of aromatic nitrogens is 1. The second kappa shape index (κ2) is 7.12. The van der Waals surface area contributed by atoms with E-state index in [0.717, 1.165) is 5.39 Å². The Hall–Kier alpha value is -3.72. The topological polar surface area (TPSA) is 116 Å². The van der Waals surface area contributed by atoms with Crippen LogP contribution in [-0.4, -0.2) is 28.8 Å². The Kier molecular flexibility index (Phi) is 4.50. The fraction of sp³-hybridized carbons (Fsp3) is 0.0556. The van der Waals surface area contributed by atoms with Gasteiger partial charge >= 0.3 is 0 Å². The molecule has 10 heteroatoms. The highest BCUT2D eigenvalue weighted by Crippen LogP contribution is 2.36. The smallest absolute Gasteiger partial charge is 0.271 e. The van der Waals surface area contributed by atoms with E-state index >= 15 is 0 Å². The van der Waals surface area contributed by atoms with Gasteiger partial charge in [-0.3, -0.25) is 14.9 Å². The zero-order valence-corrected chi connectivity index (χ0v) is 14.8. The van der Waals surface area contributed by atoms with Crippen LogP contribution in [-0.2, 0) is 0 Å². The minimum atomic E-state index is -0.541. The third-order valence-electron chi connectivity index (χ3n) is 4.00. The first-order valence-corrected chi connectivity index (χ1v) is 8.37. The summed E-state index contributed by atoms with van der Waals surface area (Å²) in [6.07, 6.45) is 1.36. The number of halogens is 1. The normalized spacial score (nSPS) is 12.5. The second-order valence-electron chi connectivity index (χ2n) is 5.77. The molecule has 1 aliphatic heterocycles. The van der Waals surface area contributed by atoms with Crippen molar-refractivity contribution in [2.45, 2.75) is 0 Å². The largest absolute Gasteiger partial charge is 0.454 e. The van der Waals surface area contributed by atoms with Crippen molar-refractivity contribution in [2.24, 2.45) is 5.10 Å². The molecule has 1 N–H and O–H groups in total. The van der Waals surface area contributed by atoms with Gasteiger partial charge in [-0.05, 0) is 24.3 Å². The number of fused-ring (bicyclic) bond motifs is 2. The van der Waals surface area contributed by atoms with Crippen molar-refractivity contribution < 1.29 is 19.2 Å². The molecule has 0 atom stereocenters. The number of ether oxygens (including phenoxy) is 2. The van der Waals surface area contributed by atoms with Crippen LogP contribution in [0.1, 0.15) is 15.9 Å². The lowest BCUT2D eigenvalue weighted by molar-refractivity contribution is -0.384. The third kappa shape index (κ3) is 3.42. The molecule has 0 fully saturated rings. The van der Waals surface area contributed by atoms with Crippen LogP contribution in [0.25, 0.3) is 10.9 Å². The summed E-state index contributed by atoms with van der Waals surface area (Å²) in [4.78, 5) is 26.5. The number of hydrogen-bond donors (Lipinski definition) is 1. The van der Waals surface area contributed by atoms with E-state index in [1.807, 2.05) is 0 Å². The summed E-state index contributed by atoms with van der Waals surface area (Å²) < 4.78 is 10.7. The number of rotatable bonds is 4. The van der Waals surface area contributed by atoms with Crippen molar-refractivity contribution in [3.05, 3.63) is 68.9 Å². The van der Waals surface area contributed by atoms with Gasteiger partial charge in [0, 0.05) is 34.7 Å². The maximum absolute atomic E-state index is 12.1. The van der Waals surface area contributed by atoms with Gasteiger partial charge in [0.2, 0.25) is 6.79 Å². The molecule has 0 saturated carbocycles. The molecule has 140 valence electrons. The predicted molar refractivity (Wildman–Crippen MR) is 101 cm³/mol. The molecule has 0 saturated heterocycles. The van der Waals surface area contributed by atoms with Crippen molar-refractivity contribution in [3.63, 3.8) is 0 Å². The van der Waals surface area contributed by atoms with Gasteiger partial charge in [0.05, 0.1) is 16.7 Å². The van der Waals surface area contributed by atoms with Gasteiger partial charge in [-0.2, -0.15) is 5.10 Å². The first kappa shape index (κ1) is 17.7. The standard InChI is InChI=1S/C18H11ClN4O5/c19-17-12(5-11-6-15-16(28-9-27-15)7-14(11)21-17)8-20-22-18(24)10-1-3-13(4-2-10)23(25)26/h1-8H,9H2,(H,22,24)/b20-8+. The first-order valence-electron chi connectivity index (χ1n) is 7.99. The number of carbonyl (C=O) groups excluding carboxylic acids is 1. The summed E-state index contributed by atoms with van der Waals surface area (Å²) in [5.41, 5.74) is 3.61. The van der Waals surface area contributed by atoms with Gasteiger partial charge in [0.25, 0.3) is 11.6 Å². The van der Waals surface area contributed by atoms with Crippen LogP contribution in [0.3, 0.4) is 0 Å². The number of nitrogens with one attached hydrogen (secondary N) is 1. The Labute approximate surface area is 162 Å². The molecule has 28 heavy (non-hydrogen) atoms. The zero-order valence-electron chi connectivity index (χ0n) is 14.1. The van der Waals surface area contributed by atoms with Crippen molar-refractivity contribution in [1.82, 2.24) is 10.4 Å². The molecule has 0 unspecified atom stereocenters. The fourth-order valence-corrected chi connectivity index (χ4v) is 2.80. The molecular weight excluding hydrogens is 388 g/mol. The lowest BCUT2D eigenvalue weighted by Gasteiger charge is -2.04. The van der Waals surface area contributed by atoms with E-state index in [2.05, 4.69) is 15.5 Å². The number of carbonyl (C=O) groups is 1. The number of hydrazone groups is 1. The van der Waals surface area contributed by atoms with Gasteiger partial charge in [-0.1, -0.05) is 11.6 Å². The SMILES string of the molecule is O=C(N/N=C/c1cc2cc3c(cc2nc1Cl)OCO3)c1ccc([N+](=O)[O-])cc1. The molecule has 4 rings (SSSR count). The van der Waals surface area contributed by atoms with Crippen molar-refractivity contribution in [2.75, 3.05) is 6.79 Å². The molecule has 2 heterocycles. The minimum Gasteiger partial charge on any atom is -0.454 e.